The summed E-state index contributed by atoms with van der Waals surface area (Å²) in [5.74, 6) is 1.01. The van der Waals surface area contributed by atoms with E-state index in [2.05, 4.69) is 38.7 Å². The molecule has 0 radical (unpaired) electrons. The minimum Gasteiger partial charge on any atom is -0.333 e. The van der Waals surface area contributed by atoms with Gasteiger partial charge in [0.05, 0.1) is 17.6 Å². The molecular weight excluding hydrogens is 250 g/mol. The third-order valence-electron chi connectivity index (χ3n) is 3.17. The molecule has 0 amide bonds. The van der Waals surface area contributed by atoms with Crippen LogP contribution in [0.15, 0.2) is 24.8 Å². The third kappa shape index (κ3) is 3.42. The molecule has 0 spiro atoms. The first-order valence-corrected chi connectivity index (χ1v) is 7.29. The highest BCUT2D eigenvalue weighted by Gasteiger charge is 2.19. The summed E-state index contributed by atoms with van der Waals surface area (Å²) in [4.78, 5) is 13.4. The average molecular weight is 273 g/mol. The number of aryl methyl sites for hydroxylation is 2. The summed E-state index contributed by atoms with van der Waals surface area (Å²) < 4.78 is 2.19. The van der Waals surface area contributed by atoms with Gasteiger partial charge < -0.3 is 9.88 Å². The van der Waals surface area contributed by atoms with Gasteiger partial charge in [0.2, 0.25) is 0 Å². The fourth-order valence-corrected chi connectivity index (χ4v) is 2.18. The summed E-state index contributed by atoms with van der Waals surface area (Å²) in [6.45, 7) is 8.18. The zero-order valence-corrected chi connectivity index (χ0v) is 12.5. The van der Waals surface area contributed by atoms with Gasteiger partial charge in [-0.3, -0.25) is 9.97 Å². The quantitative estimate of drug-likeness (QED) is 0.842. The monoisotopic (exact) mass is 273 g/mol. The molecule has 20 heavy (non-hydrogen) atoms. The molecule has 2 heterocycles. The molecule has 2 aromatic heterocycles. The van der Waals surface area contributed by atoms with Gasteiger partial charge in [-0.1, -0.05) is 13.8 Å². The summed E-state index contributed by atoms with van der Waals surface area (Å²) in [5.41, 5.74) is 1.85. The summed E-state index contributed by atoms with van der Waals surface area (Å²) in [7, 11) is 0. The Kier molecular flexibility index (Phi) is 5.24. The molecule has 0 aliphatic rings. The molecule has 0 aromatic carbocycles. The lowest BCUT2D eigenvalue weighted by atomic mass is 10.2. The van der Waals surface area contributed by atoms with Crippen LogP contribution in [0.1, 0.15) is 49.9 Å². The van der Waals surface area contributed by atoms with Gasteiger partial charge in [0, 0.05) is 25.1 Å². The second-order valence-electron chi connectivity index (χ2n) is 4.95. The predicted molar refractivity (Wildman–Crippen MR) is 79.4 cm³/mol. The first kappa shape index (κ1) is 14.7. The van der Waals surface area contributed by atoms with Gasteiger partial charge in [-0.15, -0.1) is 0 Å². The summed E-state index contributed by atoms with van der Waals surface area (Å²) >= 11 is 0. The number of hydrogen-bond acceptors (Lipinski definition) is 4. The van der Waals surface area contributed by atoms with Gasteiger partial charge in [-0.25, -0.2) is 4.98 Å². The Hall–Kier alpha value is -1.75. The normalized spacial score (nSPS) is 12.6. The molecule has 1 N–H and O–H groups in total. The van der Waals surface area contributed by atoms with Crippen molar-refractivity contribution >= 4 is 0 Å². The Morgan fingerprint density at radius 2 is 2.00 bits per heavy atom. The second-order valence-corrected chi connectivity index (χ2v) is 4.95. The van der Waals surface area contributed by atoms with Crippen LogP contribution in [0, 0.1) is 6.92 Å². The molecule has 2 rings (SSSR count). The molecule has 0 aliphatic carbocycles. The molecule has 0 aliphatic heterocycles. The summed E-state index contributed by atoms with van der Waals surface area (Å²) in [5, 5.41) is 3.52. The van der Waals surface area contributed by atoms with Crippen molar-refractivity contribution in [1.82, 2.24) is 24.8 Å². The van der Waals surface area contributed by atoms with Gasteiger partial charge >= 0.3 is 0 Å². The van der Waals surface area contributed by atoms with Crippen LogP contribution in [0.2, 0.25) is 0 Å². The van der Waals surface area contributed by atoms with Gasteiger partial charge in [0.1, 0.15) is 11.9 Å². The van der Waals surface area contributed by atoms with E-state index in [0.29, 0.717) is 0 Å². The molecule has 1 unspecified atom stereocenters. The molecule has 5 heteroatoms. The molecule has 2 aromatic rings. The number of rotatable bonds is 7. The number of nitrogens with one attached hydrogen (secondary N) is 1. The van der Waals surface area contributed by atoms with Gasteiger partial charge in [0.15, 0.2) is 0 Å². The fourth-order valence-electron chi connectivity index (χ4n) is 2.18. The van der Waals surface area contributed by atoms with Gasteiger partial charge in [-0.05, 0) is 26.3 Å². The van der Waals surface area contributed by atoms with E-state index in [-0.39, 0.29) is 6.04 Å². The highest BCUT2D eigenvalue weighted by molar-refractivity contribution is 5.16. The van der Waals surface area contributed by atoms with E-state index in [4.69, 9.17) is 0 Å². The smallest absolute Gasteiger partial charge is 0.132 e. The lowest BCUT2D eigenvalue weighted by Gasteiger charge is -2.19. The Labute approximate surface area is 120 Å². The molecular formula is C15H23N5. The highest BCUT2D eigenvalue weighted by Crippen LogP contribution is 2.18. The third-order valence-corrected chi connectivity index (χ3v) is 3.17. The van der Waals surface area contributed by atoms with E-state index in [1.54, 1.807) is 0 Å². The number of nitrogens with zero attached hydrogens (tertiary/aromatic N) is 4. The van der Waals surface area contributed by atoms with Crippen LogP contribution >= 0.6 is 0 Å². The van der Waals surface area contributed by atoms with Crippen LogP contribution in [-0.2, 0) is 6.54 Å². The van der Waals surface area contributed by atoms with E-state index < -0.39 is 0 Å². The van der Waals surface area contributed by atoms with Crippen LogP contribution in [-0.4, -0.2) is 26.1 Å². The van der Waals surface area contributed by atoms with Crippen LogP contribution in [0.25, 0.3) is 0 Å². The number of aromatic nitrogens is 4. The zero-order chi connectivity index (χ0) is 14.4. The van der Waals surface area contributed by atoms with E-state index in [1.807, 2.05) is 31.7 Å². The van der Waals surface area contributed by atoms with Crippen LogP contribution in [0.4, 0.5) is 0 Å². The first-order chi connectivity index (χ1) is 9.76. The van der Waals surface area contributed by atoms with E-state index in [9.17, 15) is 0 Å². The van der Waals surface area contributed by atoms with Gasteiger partial charge in [0.25, 0.3) is 0 Å². The fraction of sp³-hybridized carbons (Fsp3) is 0.533. The minimum atomic E-state index is 0.00426. The van der Waals surface area contributed by atoms with Crippen molar-refractivity contribution in [3.63, 3.8) is 0 Å². The SMILES string of the molecule is CCCNC(c1cnc(C)cn1)c1nccn1CCC. The topological polar surface area (TPSA) is 55.6 Å². The minimum absolute atomic E-state index is 0.00426. The Morgan fingerprint density at radius 3 is 2.65 bits per heavy atom. The molecule has 5 nitrogen and oxygen atoms in total. The van der Waals surface area contributed by atoms with Crippen molar-refractivity contribution in [2.24, 2.45) is 0 Å². The van der Waals surface area contributed by atoms with Crippen molar-refractivity contribution in [2.45, 2.75) is 46.2 Å². The van der Waals surface area contributed by atoms with Crippen molar-refractivity contribution in [3.05, 3.63) is 42.0 Å². The van der Waals surface area contributed by atoms with Crippen LogP contribution < -0.4 is 5.32 Å². The van der Waals surface area contributed by atoms with Crippen molar-refractivity contribution < 1.29 is 0 Å². The molecule has 1 atom stereocenters. The zero-order valence-electron chi connectivity index (χ0n) is 12.5. The van der Waals surface area contributed by atoms with Crippen LogP contribution in [0.5, 0.6) is 0 Å². The largest absolute Gasteiger partial charge is 0.333 e. The van der Waals surface area contributed by atoms with E-state index >= 15 is 0 Å². The number of imidazole rings is 1. The molecule has 0 saturated heterocycles. The Balaban J connectivity index is 2.31. The standard InChI is InChI=1S/C15H23N5/c1-4-6-16-14(13-11-18-12(3)10-19-13)15-17-7-9-20(15)8-5-2/h7,9-11,14,16H,4-6,8H2,1-3H3. The Bertz CT molecular complexity index is 517. The van der Waals surface area contributed by atoms with Gasteiger partial charge in [-0.2, -0.15) is 0 Å². The van der Waals surface area contributed by atoms with Crippen molar-refractivity contribution in [1.29, 1.82) is 0 Å². The Morgan fingerprint density at radius 1 is 1.15 bits per heavy atom. The molecule has 0 saturated carbocycles. The summed E-state index contributed by atoms with van der Waals surface area (Å²) in [6, 6.07) is 0.00426. The van der Waals surface area contributed by atoms with Crippen molar-refractivity contribution in [3.8, 4) is 0 Å². The summed E-state index contributed by atoms with van der Waals surface area (Å²) in [6.07, 6.45) is 9.69. The predicted octanol–water partition coefficient (Wildman–Crippen LogP) is 2.48. The maximum atomic E-state index is 4.52. The maximum absolute atomic E-state index is 4.52. The maximum Gasteiger partial charge on any atom is 0.132 e. The van der Waals surface area contributed by atoms with Crippen molar-refractivity contribution in [2.75, 3.05) is 6.54 Å². The number of hydrogen-bond donors (Lipinski definition) is 1. The average Bonchev–Trinajstić information content (AvgIpc) is 2.90. The van der Waals surface area contributed by atoms with E-state index in [0.717, 1.165) is 43.1 Å². The molecule has 0 fully saturated rings. The lowest BCUT2D eigenvalue weighted by molar-refractivity contribution is 0.520. The highest BCUT2D eigenvalue weighted by atomic mass is 15.1. The molecule has 108 valence electrons. The lowest BCUT2D eigenvalue weighted by Crippen LogP contribution is -2.27. The molecule has 0 bridgehead atoms. The first-order valence-electron chi connectivity index (χ1n) is 7.29. The van der Waals surface area contributed by atoms with E-state index in [1.165, 1.54) is 0 Å². The van der Waals surface area contributed by atoms with Crippen LogP contribution in [0.3, 0.4) is 0 Å². The second kappa shape index (κ2) is 7.14.